The Morgan fingerprint density at radius 2 is 2.07 bits per heavy atom. The van der Waals surface area contributed by atoms with Crippen LogP contribution in [0.25, 0.3) is 0 Å². The molecule has 3 heteroatoms. The van der Waals surface area contributed by atoms with Crippen LogP contribution in [-0.2, 0) is 9.53 Å². The van der Waals surface area contributed by atoms with E-state index in [0.29, 0.717) is 12.3 Å². The summed E-state index contributed by atoms with van der Waals surface area (Å²) in [5, 5.41) is 0. The van der Waals surface area contributed by atoms with E-state index in [1.807, 2.05) is 20.8 Å². The van der Waals surface area contributed by atoms with E-state index in [0.717, 1.165) is 6.42 Å². The van der Waals surface area contributed by atoms with Gasteiger partial charge in [-0.3, -0.25) is 4.79 Å². The molecule has 0 radical (unpaired) electrons. The topological polar surface area (TPSA) is 52.3 Å². The van der Waals surface area contributed by atoms with E-state index in [9.17, 15) is 4.79 Å². The Labute approximate surface area is 86.0 Å². The second-order valence-corrected chi connectivity index (χ2v) is 5.13. The van der Waals surface area contributed by atoms with Crippen molar-refractivity contribution in [2.24, 2.45) is 11.7 Å². The second-order valence-electron chi connectivity index (χ2n) is 5.13. The van der Waals surface area contributed by atoms with Crippen molar-refractivity contribution in [3.63, 3.8) is 0 Å². The molecule has 0 heterocycles. The Morgan fingerprint density at radius 1 is 1.50 bits per heavy atom. The van der Waals surface area contributed by atoms with Crippen molar-refractivity contribution in [3.05, 3.63) is 0 Å². The molecule has 0 aromatic heterocycles. The maximum absolute atomic E-state index is 11.3. The highest BCUT2D eigenvalue weighted by molar-refractivity contribution is 5.69. The summed E-state index contributed by atoms with van der Waals surface area (Å²) in [6, 6.07) is 0.197. The van der Waals surface area contributed by atoms with Crippen LogP contribution in [0, 0.1) is 5.92 Å². The van der Waals surface area contributed by atoms with Crippen molar-refractivity contribution in [2.75, 3.05) is 0 Å². The lowest BCUT2D eigenvalue weighted by atomic mass is 10.1. The minimum absolute atomic E-state index is 0.131. The first-order valence-corrected chi connectivity index (χ1v) is 5.36. The lowest BCUT2D eigenvalue weighted by Crippen LogP contribution is -2.27. The lowest BCUT2D eigenvalue weighted by molar-refractivity contribution is -0.155. The zero-order chi connectivity index (χ0) is 10.8. The van der Waals surface area contributed by atoms with Gasteiger partial charge in [0.15, 0.2) is 0 Å². The summed E-state index contributed by atoms with van der Waals surface area (Å²) >= 11 is 0. The number of carbonyl (C=O) groups is 1. The largest absolute Gasteiger partial charge is 0.460 e. The minimum atomic E-state index is -0.374. The molecule has 1 saturated carbocycles. The van der Waals surface area contributed by atoms with Crippen molar-refractivity contribution in [1.82, 2.24) is 0 Å². The summed E-state index contributed by atoms with van der Waals surface area (Å²) < 4.78 is 5.19. The molecule has 1 aliphatic carbocycles. The van der Waals surface area contributed by atoms with Crippen molar-refractivity contribution in [2.45, 2.75) is 58.1 Å². The molecule has 82 valence electrons. The molecular formula is C11H21NO2. The number of hydrogen-bond acceptors (Lipinski definition) is 3. The molecule has 2 N–H and O–H groups in total. The predicted molar refractivity (Wildman–Crippen MR) is 55.8 cm³/mol. The number of carbonyl (C=O) groups excluding carboxylic acids is 1. The molecule has 1 unspecified atom stereocenters. The Morgan fingerprint density at radius 3 is 2.50 bits per heavy atom. The molecule has 3 nitrogen and oxygen atoms in total. The Kier molecular flexibility index (Phi) is 3.53. The zero-order valence-corrected chi connectivity index (χ0v) is 9.38. The van der Waals surface area contributed by atoms with Crippen LogP contribution in [0.5, 0.6) is 0 Å². The van der Waals surface area contributed by atoms with Crippen LogP contribution in [-0.4, -0.2) is 17.6 Å². The lowest BCUT2D eigenvalue weighted by Gasteiger charge is -2.20. The van der Waals surface area contributed by atoms with Gasteiger partial charge in [0, 0.05) is 12.5 Å². The summed E-state index contributed by atoms with van der Waals surface area (Å²) in [4.78, 5) is 11.3. The Bertz CT molecular complexity index is 204. The van der Waals surface area contributed by atoms with Gasteiger partial charge in [-0.25, -0.2) is 0 Å². The van der Waals surface area contributed by atoms with Gasteiger partial charge in [-0.15, -0.1) is 0 Å². The third-order valence-electron chi connectivity index (χ3n) is 2.33. The molecule has 0 amide bonds. The number of esters is 1. The fourth-order valence-corrected chi connectivity index (χ4v) is 1.44. The standard InChI is InChI=1S/C11H21NO2/c1-11(2,3)14-10(13)7-6-9(12)8-4-5-8/h8-9H,4-7,12H2,1-3H3. The molecule has 1 atom stereocenters. The number of ether oxygens (including phenoxy) is 1. The van der Waals surface area contributed by atoms with E-state index in [1.165, 1.54) is 12.8 Å². The molecular weight excluding hydrogens is 178 g/mol. The fraction of sp³-hybridized carbons (Fsp3) is 0.909. The van der Waals surface area contributed by atoms with Gasteiger partial charge in [-0.1, -0.05) is 0 Å². The molecule has 0 aliphatic heterocycles. The summed E-state index contributed by atoms with van der Waals surface area (Å²) in [7, 11) is 0. The van der Waals surface area contributed by atoms with Crippen LogP contribution in [0.15, 0.2) is 0 Å². The van der Waals surface area contributed by atoms with Crippen LogP contribution in [0.1, 0.15) is 46.5 Å². The van der Waals surface area contributed by atoms with Crippen LogP contribution in [0.2, 0.25) is 0 Å². The SMILES string of the molecule is CC(C)(C)OC(=O)CCC(N)C1CC1. The van der Waals surface area contributed by atoms with Gasteiger partial charge >= 0.3 is 5.97 Å². The summed E-state index contributed by atoms with van der Waals surface area (Å²) in [6.45, 7) is 5.64. The highest BCUT2D eigenvalue weighted by atomic mass is 16.6. The van der Waals surface area contributed by atoms with Crippen LogP contribution < -0.4 is 5.73 Å². The quantitative estimate of drug-likeness (QED) is 0.703. The Balaban J connectivity index is 2.14. The predicted octanol–water partition coefficient (Wildman–Crippen LogP) is 1.85. The zero-order valence-electron chi connectivity index (χ0n) is 9.38. The van der Waals surface area contributed by atoms with Crippen molar-refractivity contribution in [1.29, 1.82) is 0 Å². The first-order chi connectivity index (χ1) is 6.38. The van der Waals surface area contributed by atoms with Gasteiger partial charge in [-0.2, -0.15) is 0 Å². The van der Waals surface area contributed by atoms with E-state index in [1.54, 1.807) is 0 Å². The van der Waals surface area contributed by atoms with Crippen molar-refractivity contribution >= 4 is 5.97 Å². The summed E-state index contributed by atoms with van der Waals surface area (Å²) in [6.07, 6.45) is 3.68. The van der Waals surface area contributed by atoms with E-state index in [2.05, 4.69) is 0 Å². The first-order valence-electron chi connectivity index (χ1n) is 5.36. The number of rotatable bonds is 4. The average molecular weight is 199 g/mol. The van der Waals surface area contributed by atoms with E-state index < -0.39 is 0 Å². The molecule has 1 fully saturated rings. The molecule has 0 saturated heterocycles. The van der Waals surface area contributed by atoms with E-state index in [4.69, 9.17) is 10.5 Å². The molecule has 14 heavy (non-hydrogen) atoms. The van der Waals surface area contributed by atoms with Gasteiger partial charge < -0.3 is 10.5 Å². The van der Waals surface area contributed by atoms with Gasteiger partial charge in [0.25, 0.3) is 0 Å². The minimum Gasteiger partial charge on any atom is -0.460 e. The maximum atomic E-state index is 11.3. The van der Waals surface area contributed by atoms with Gasteiger partial charge in [0.1, 0.15) is 5.60 Å². The summed E-state index contributed by atoms with van der Waals surface area (Å²) in [5.74, 6) is 0.533. The van der Waals surface area contributed by atoms with Crippen molar-refractivity contribution < 1.29 is 9.53 Å². The van der Waals surface area contributed by atoms with Crippen LogP contribution in [0.4, 0.5) is 0 Å². The molecule has 1 rings (SSSR count). The fourth-order valence-electron chi connectivity index (χ4n) is 1.44. The number of nitrogens with two attached hydrogens (primary N) is 1. The highest BCUT2D eigenvalue weighted by Crippen LogP contribution is 2.33. The van der Waals surface area contributed by atoms with Gasteiger partial charge in [-0.05, 0) is 46.0 Å². The molecule has 0 aromatic rings. The van der Waals surface area contributed by atoms with Gasteiger partial charge in [0.05, 0.1) is 0 Å². The third-order valence-corrected chi connectivity index (χ3v) is 2.33. The Hall–Kier alpha value is -0.570. The van der Waals surface area contributed by atoms with Crippen molar-refractivity contribution in [3.8, 4) is 0 Å². The normalized spacial score (nSPS) is 19.1. The van der Waals surface area contributed by atoms with Gasteiger partial charge in [0.2, 0.25) is 0 Å². The molecule has 0 aromatic carbocycles. The number of hydrogen-bond donors (Lipinski definition) is 1. The highest BCUT2D eigenvalue weighted by Gasteiger charge is 2.29. The monoisotopic (exact) mass is 199 g/mol. The molecule has 1 aliphatic rings. The van der Waals surface area contributed by atoms with E-state index >= 15 is 0 Å². The third kappa shape index (κ3) is 4.61. The smallest absolute Gasteiger partial charge is 0.306 e. The first kappa shape index (κ1) is 11.5. The summed E-state index contributed by atoms with van der Waals surface area (Å²) in [5.41, 5.74) is 5.51. The van der Waals surface area contributed by atoms with E-state index in [-0.39, 0.29) is 17.6 Å². The molecule has 0 spiro atoms. The second kappa shape index (κ2) is 4.30. The molecule has 0 bridgehead atoms. The average Bonchev–Trinajstić information content (AvgIpc) is 2.78. The van der Waals surface area contributed by atoms with Crippen LogP contribution >= 0.6 is 0 Å². The maximum Gasteiger partial charge on any atom is 0.306 e. The van der Waals surface area contributed by atoms with Crippen LogP contribution in [0.3, 0.4) is 0 Å².